The van der Waals surface area contributed by atoms with Gasteiger partial charge in [-0.1, -0.05) is 13.8 Å². The molecule has 1 rings (SSSR count). The third kappa shape index (κ3) is 2.64. The fourth-order valence-corrected chi connectivity index (χ4v) is 1.81. The van der Waals surface area contributed by atoms with E-state index in [-0.39, 0.29) is 11.1 Å². The van der Waals surface area contributed by atoms with Crippen molar-refractivity contribution >= 4 is 21.6 Å². The van der Waals surface area contributed by atoms with Gasteiger partial charge in [0.05, 0.1) is 11.9 Å². The van der Waals surface area contributed by atoms with Gasteiger partial charge in [0.15, 0.2) is 0 Å². The van der Waals surface area contributed by atoms with Crippen molar-refractivity contribution in [1.29, 1.82) is 0 Å². The zero-order valence-corrected chi connectivity index (χ0v) is 11.8. The molecule has 0 saturated carbocycles. The predicted octanol–water partition coefficient (Wildman–Crippen LogP) is 2.53. The molecule has 5 heteroatoms. The number of nitrogens with zero attached hydrogens (tertiary/aromatic N) is 2. The quantitative estimate of drug-likeness (QED) is 0.926. The summed E-state index contributed by atoms with van der Waals surface area (Å²) < 4.78 is 1.85. The zero-order chi connectivity index (χ0) is 12.3. The van der Waals surface area contributed by atoms with Crippen LogP contribution in [0.15, 0.2) is 15.5 Å². The third-order valence-corrected chi connectivity index (χ3v) is 3.84. The lowest BCUT2D eigenvalue weighted by atomic mass is 9.95. The molecular weight excluding hydrogens is 270 g/mol. The highest BCUT2D eigenvalue weighted by Gasteiger charge is 2.21. The van der Waals surface area contributed by atoms with E-state index in [1.807, 2.05) is 0 Å². The van der Waals surface area contributed by atoms with Crippen LogP contribution in [-0.4, -0.2) is 15.3 Å². The summed E-state index contributed by atoms with van der Waals surface area (Å²) in [6, 6.07) is 0. The van der Waals surface area contributed by atoms with Crippen LogP contribution in [0, 0.1) is 0 Å². The molecule has 1 N–H and O–H groups in total. The maximum absolute atomic E-state index is 11.7. The first-order chi connectivity index (χ1) is 7.43. The molecule has 90 valence electrons. The van der Waals surface area contributed by atoms with Crippen LogP contribution in [0.25, 0.3) is 0 Å². The first-order valence-corrected chi connectivity index (χ1v) is 6.23. The summed E-state index contributed by atoms with van der Waals surface area (Å²) in [7, 11) is 1.63. The van der Waals surface area contributed by atoms with Gasteiger partial charge in [-0.25, -0.2) is 4.68 Å². The number of aromatic nitrogens is 2. The lowest BCUT2D eigenvalue weighted by molar-refractivity contribution is 0.477. The van der Waals surface area contributed by atoms with Crippen molar-refractivity contribution in [2.45, 2.75) is 39.2 Å². The maximum atomic E-state index is 11.7. The van der Waals surface area contributed by atoms with Gasteiger partial charge in [0.2, 0.25) is 0 Å². The molecule has 0 radical (unpaired) electrons. The van der Waals surface area contributed by atoms with Crippen LogP contribution in [0.2, 0.25) is 0 Å². The van der Waals surface area contributed by atoms with E-state index in [0.717, 1.165) is 18.5 Å². The van der Waals surface area contributed by atoms with Gasteiger partial charge < -0.3 is 5.32 Å². The molecule has 0 aromatic carbocycles. The summed E-state index contributed by atoms with van der Waals surface area (Å²) in [4.78, 5) is 11.7. The highest BCUT2D eigenvalue weighted by molar-refractivity contribution is 9.10. The molecule has 0 bridgehead atoms. The van der Waals surface area contributed by atoms with Crippen LogP contribution in [0.1, 0.15) is 33.6 Å². The van der Waals surface area contributed by atoms with E-state index in [4.69, 9.17) is 0 Å². The number of nitrogens with one attached hydrogen (secondary N) is 1. The van der Waals surface area contributed by atoms with Crippen molar-refractivity contribution in [2.75, 3.05) is 5.32 Å². The Morgan fingerprint density at radius 1 is 1.50 bits per heavy atom. The Morgan fingerprint density at radius 2 is 2.06 bits per heavy atom. The Hall–Kier alpha value is -0.840. The smallest absolute Gasteiger partial charge is 0.282 e. The van der Waals surface area contributed by atoms with Crippen LogP contribution < -0.4 is 10.9 Å². The van der Waals surface area contributed by atoms with Crippen LogP contribution in [0.3, 0.4) is 0 Å². The van der Waals surface area contributed by atoms with E-state index in [9.17, 15) is 4.79 Å². The largest absolute Gasteiger partial charge is 0.378 e. The van der Waals surface area contributed by atoms with E-state index < -0.39 is 0 Å². The number of hydrogen-bond donors (Lipinski definition) is 1. The van der Waals surface area contributed by atoms with Gasteiger partial charge in [-0.15, -0.1) is 0 Å². The summed E-state index contributed by atoms with van der Waals surface area (Å²) in [5.41, 5.74) is 0.630. The fourth-order valence-electron chi connectivity index (χ4n) is 1.35. The second kappa shape index (κ2) is 4.99. The van der Waals surface area contributed by atoms with E-state index in [0.29, 0.717) is 4.47 Å². The van der Waals surface area contributed by atoms with Gasteiger partial charge in [0.25, 0.3) is 5.56 Å². The predicted molar refractivity (Wildman–Crippen MR) is 69.8 cm³/mol. The van der Waals surface area contributed by atoms with Crippen LogP contribution in [0.5, 0.6) is 0 Å². The van der Waals surface area contributed by atoms with Gasteiger partial charge in [-0.3, -0.25) is 4.79 Å². The minimum atomic E-state index is -0.125. The number of halogens is 1. The van der Waals surface area contributed by atoms with Gasteiger partial charge in [0.1, 0.15) is 4.47 Å². The highest BCUT2D eigenvalue weighted by atomic mass is 79.9. The summed E-state index contributed by atoms with van der Waals surface area (Å²) in [5, 5.41) is 7.37. The molecule has 0 saturated heterocycles. The molecule has 0 aliphatic carbocycles. The molecule has 1 heterocycles. The van der Waals surface area contributed by atoms with E-state index in [2.05, 4.69) is 47.1 Å². The molecule has 0 unspecified atom stereocenters. The molecule has 0 fully saturated rings. The van der Waals surface area contributed by atoms with Crippen molar-refractivity contribution in [3.05, 3.63) is 21.0 Å². The second-order valence-corrected chi connectivity index (χ2v) is 4.99. The normalized spacial score (nSPS) is 11.6. The summed E-state index contributed by atoms with van der Waals surface area (Å²) >= 11 is 3.31. The van der Waals surface area contributed by atoms with Gasteiger partial charge in [-0.2, -0.15) is 5.10 Å². The van der Waals surface area contributed by atoms with Crippen molar-refractivity contribution < 1.29 is 0 Å². The van der Waals surface area contributed by atoms with Crippen molar-refractivity contribution in [2.24, 2.45) is 7.05 Å². The highest BCUT2D eigenvalue weighted by Crippen LogP contribution is 2.24. The van der Waals surface area contributed by atoms with Crippen molar-refractivity contribution in [3.8, 4) is 0 Å². The Kier molecular flexibility index (Phi) is 4.13. The number of rotatable bonds is 4. The second-order valence-electron chi connectivity index (χ2n) is 4.19. The summed E-state index contributed by atoms with van der Waals surface area (Å²) in [6.07, 6.45) is 3.66. The zero-order valence-electron chi connectivity index (χ0n) is 10.2. The standard InChI is InChI=1S/C11H18BrN3O/c1-5-11(3,6-2)14-8-7-13-15(4)10(16)9(8)12/h7,14H,5-6H2,1-4H3. The average Bonchev–Trinajstić information content (AvgIpc) is 2.30. The Balaban J connectivity index is 3.08. The minimum Gasteiger partial charge on any atom is -0.378 e. The molecule has 0 atom stereocenters. The number of hydrogen-bond acceptors (Lipinski definition) is 3. The monoisotopic (exact) mass is 287 g/mol. The first kappa shape index (κ1) is 13.2. The third-order valence-electron chi connectivity index (χ3n) is 3.08. The van der Waals surface area contributed by atoms with Gasteiger partial charge in [0, 0.05) is 12.6 Å². The Morgan fingerprint density at radius 3 is 2.56 bits per heavy atom. The van der Waals surface area contributed by atoms with Gasteiger partial charge in [-0.05, 0) is 35.7 Å². The fraction of sp³-hybridized carbons (Fsp3) is 0.636. The summed E-state index contributed by atoms with van der Waals surface area (Å²) in [6.45, 7) is 6.38. The van der Waals surface area contributed by atoms with Crippen molar-refractivity contribution in [3.63, 3.8) is 0 Å². The number of anilines is 1. The lowest BCUT2D eigenvalue weighted by Crippen LogP contribution is -2.34. The Labute approximate surface area is 104 Å². The molecule has 1 aromatic heterocycles. The van der Waals surface area contributed by atoms with Crippen LogP contribution in [0.4, 0.5) is 5.69 Å². The SMILES string of the molecule is CCC(C)(CC)Nc1cnn(C)c(=O)c1Br. The molecular formula is C11H18BrN3O. The molecule has 16 heavy (non-hydrogen) atoms. The van der Waals surface area contributed by atoms with E-state index in [1.165, 1.54) is 4.68 Å². The molecule has 4 nitrogen and oxygen atoms in total. The Bertz CT molecular complexity index is 424. The molecule has 0 amide bonds. The maximum Gasteiger partial charge on any atom is 0.282 e. The van der Waals surface area contributed by atoms with Crippen molar-refractivity contribution in [1.82, 2.24) is 9.78 Å². The molecule has 0 spiro atoms. The molecule has 1 aromatic rings. The molecule has 0 aliphatic rings. The van der Waals surface area contributed by atoms with Gasteiger partial charge >= 0.3 is 0 Å². The first-order valence-electron chi connectivity index (χ1n) is 5.43. The van der Waals surface area contributed by atoms with E-state index in [1.54, 1.807) is 13.2 Å². The number of aryl methyl sites for hydroxylation is 1. The topological polar surface area (TPSA) is 46.9 Å². The van der Waals surface area contributed by atoms with Crippen LogP contribution in [-0.2, 0) is 7.05 Å². The lowest BCUT2D eigenvalue weighted by Gasteiger charge is -2.29. The molecule has 0 aliphatic heterocycles. The minimum absolute atomic E-state index is 0.00341. The summed E-state index contributed by atoms with van der Waals surface area (Å²) in [5.74, 6) is 0. The average molecular weight is 288 g/mol. The van der Waals surface area contributed by atoms with E-state index >= 15 is 0 Å². The van der Waals surface area contributed by atoms with Crippen LogP contribution >= 0.6 is 15.9 Å².